The Bertz CT molecular complexity index is 671. The van der Waals surface area contributed by atoms with Crippen LogP contribution in [0.4, 0.5) is 16.5 Å². The number of nitrogens with two attached hydrogens (primary N) is 1. The van der Waals surface area contributed by atoms with Gasteiger partial charge in [0.25, 0.3) is 0 Å². The highest BCUT2D eigenvalue weighted by Gasteiger charge is 2.17. The van der Waals surface area contributed by atoms with E-state index in [-0.39, 0.29) is 17.1 Å². The zero-order valence-corrected chi connectivity index (χ0v) is 13.6. The van der Waals surface area contributed by atoms with E-state index >= 15 is 0 Å². The molecule has 1 aromatic carbocycles. The average molecular weight is 337 g/mol. The van der Waals surface area contributed by atoms with E-state index in [1.807, 2.05) is 0 Å². The van der Waals surface area contributed by atoms with E-state index in [0.717, 1.165) is 0 Å². The molecule has 0 aliphatic carbocycles. The summed E-state index contributed by atoms with van der Waals surface area (Å²) in [6, 6.07) is 6.90. The zero-order valence-electron chi connectivity index (χ0n) is 12.0. The van der Waals surface area contributed by atoms with Gasteiger partial charge in [0, 0.05) is 18.3 Å². The molecule has 0 aliphatic heterocycles. The molecule has 0 saturated heterocycles. The molecule has 0 saturated carbocycles. The van der Waals surface area contributed by atoms with E-state index in [1.54, 1.807) is 31.2 Å². The third-order valence-corrected chi connectivity index (χ3v) is 4.48. The van der Waals surface area contributed by atoms with Crippen molar-refractivity contribution in [3.05, 3.63) is 24.3 Å². The lowest BCUT2D eigenvalue weighted by molar-refractivity contribution is -0.115. The fraction of sp³-hybridized carbons (Fsp3) is 0.231. The molecule has 0 fully saturated rings. The molecule has 9 heteroatoms. The molecule has 7 nitrogen and oxygen atoms in total. The van der Waals surface area contributed by atoms with Crippen LogP contribution < -0.4 is 16.4 Å². The number of anilines is 3. The van der Waals surface area contributed by atoms with Crippen molar-refractivity contribution < 1.29 is 9.59 Å². The Hall–Kier alpha value is -2.13. The van der Waals surface area contributed by atoms with Crippen molar-refractivity contribution in [1.29, 1.82) is 0 Å². The summed E-state index contributed by atoms with van der Waals surface area (Å²) in [4.78, 5) is 23.0. The second-order valence-electron chi connectivity index (χ2n) is 4.41. The minimum Gasteiger partial charge on any atom is -0.374 e. The summed E-state index contributed by atoms with van der Waals surface area (Å²) in [5, 5.41) is 13.1. The van der Waals surface area contributed by atoms with Gasteiger partial charge >= 0.3 is 0 Å². The molecule has 0 spiro atoms. The first kappa shape index (κ1) is 16.2. The summed E-state index contributed by atoms with van der Waals surface area (Å²) in [5.41, 5.74) is 6.84. The molecule has 116 valence electrons. The molecule has 0 radical (unpaired) electrons. The molecule has 2 aromatic rings. The molecule has 1 aromatic heterocycles. The highest BCUT2D eigenvalue weighted by atomic mass is 32.2. The number of nitrogen functional groups attached to an aromatic ring is 1. The zero-order chi connectivity index (χ0) is 16.1. The van der Waals surface area contributed by atoms with Crippen molar-refractivity contribution in [3.63, 3.8) is 0 Å². The maximum Gasteiger partial charge on any atom is 0.237 e. The van der Waals surface area contributed by atoms with Gasteiger partial charge in [-0.15, -0.1) is 10.2 Å². The van der Waals surface area contributed by atoms with E-state index in [2.05, 4.69) is 20.8 Å². The van der Waals surface area contributed by atoms with Gasteiger partial charge in [0.15, 0.2) is 4.34 Å². The lowest BCUT2D eigenvalue weighted by atomic mass is 10.2. The van der Waals surface area contributed by atoms with Gasteiger partial charge in [-0.25, -0.2) is 0 Å². The van der Waals surface area contributed by atoms with E-state index in [4.69, 9.17) is 5.73 Å². The van der Waals surface area contributed by atoms with Crippen molar-refractivity contribution in [2.75, 3.05) is 16.4 Å². The third-order valence-electron chi connectivity index (χ3n) is 2.54. The Morgan fingerprint density at radius 2 is 1.77 bits per heavy atom. The lowest BCUT2D eigenvalue weighted by Gasteiger charge is -2.10. The number of nitrogens with one attached hydrogen (secondary N) is 2. The van der Waals surface area contributed by atoms with Gasteiger partial charge in [-0.3, -0.25) is 9.59 Å². The number of carbonyl (C=O) groups is 2. The monoisotopic (exact) mass is 337 g/mol. The van der Waals surface area contributed by atoms with E-state index in [1.165, 1.54) is 30.0 Å². The van der Waals surface area contributed by atoms with Gasteiger partial charge in [0.2, 0.25) is 16.9 Å². The molecule has 1 atom stereocenters. The van der Waals surface area contributed by atoms with Crippen molar-refractivity contribution in [2.24, 2.45) is 0 Å². The van der Waals surface area contributed by atoms with Crippen molar-refractivity contribution in [1.82, 2.24) is 10.2 Å². The Balaban J connectivity index is 1.91. The first-order chi connectivity index (χ1) is 10.4. The summed E-state index contributed by atoms with van der Waals surface area (Å²) in [6.45, 7) is 3.22. The summed E-state index contributed by atoms with van der Waals surface area (Å²) in [6.07, 6.45) is 0. The predicted molar refractivity (Wildman–Crippen MR) is 89.0 cm³/mol. The minimum atomic E-state index is -0.331. The fourth-order valence-electron chi connectivity index (χ4n) is 1.56. The van der Waals surface area contributed by atoms with Crippen LogP contribution in [0.2, 0.25) is 0 Å². The van der Waals surface area contributed by atoms with E-state index < -0.39 is 0 Å². The molecule has 0 unspecified atom stereocenters. The molecule has 2 amide bonds. The van der Waals surface area contributed by atoms with E-state index in [0.29, 0.717) is 20.8 Å². The highest BCUT2D eigenvalue weighted by molar-refractivity contribution is 8.02. The van der Waals surface area contributed by atoms with Crippen LogP contribution in [-0.2, 0) is 9.59 Å². The van der Waals surface area contributed by atoms with Crippen LogP contribution in [-0.4, -0.2) is 27.3 Å². The number of thioether (sulfide) groups is 1. The van der Waals surface area contributed by atoms with Crippen LogP contribution in [0.3, 0.4) is 0 Å². The van der Waals surface area contributed by atoms with Crippen LogP contribution in [0.1, 0.15) is 13.8 Å². The van der Waals surface area contributed by atoms with E-state index in [9.17, 15) is 9.59 Å². The van der Waals surface area contributed by atoms with Gasteiger partial charge < -0.3 is 16.4 Å². The van der Waals surface area contributed by atoms with Gasteiger partial charge in [-0.05, 0) is 31.2 Å². The van der Waals surface area contributed by atoms with Gasteiger partial charge in [-0.2, -0.15) is 0 Å². The third kappa shape index (κ3) is 4.71. The topological polar surface area (TPSA) is 110 Å². The number of carbonyl (C=O) groups excluding carboxylic acids is 2. The Morgan fingerprint density at radius 3 is 2.27 bits per heavy atom. The normalized spacial score (nSPS) is 11.7. The summed E-state index contributed by atoms with van der Waals surface area (Å²) in [7, 11) is 0. The second kappa shape index (κ2) is 7.23. The van der Waals surface area contributed by atoms with Crippen LogP contribution >= 0.6 is 23.1 Å². The Kier molecular flexibility index (Phi) is 5.34. The number of rotatable bonds is 5. The fourth-order valence-corrected chi connectivity index (χ4v) is 3.34. The Morgan fingerprint density at radius 1 is 1.18 bits per heavy atom. The summed E-state index contributed by atoms with van der Waals surface area (Å²) in [5.74, 6) is -0.288. The van der Waals surface area contributed by atoms with Crippen LogP contribution in [0.15, 0.2) is 28.6 Å². The average Bonchev–Trinajstić information content (AvgIpc) is 2.85. The number of benzene rings is 1. The lowest BCUT2D eigenvalue weighted by Crippen LogP contribution is -2.22. The first-order valence-electron chi connectivity index (χ1n) is 6.38. The summed E-state index contributed by atoms with van der Waals surface area (Å²) < 4.78 is 0.654. The molecule has 22 heavy (non-hydrogen) atoms. The van der Waals surface area contributed by atoms with Crippen molar-refractivity contribution in [3.8, 4) is 0 Å². The minimum absolute atomic E-state index is 0.141. The second-order valence-corrected chi connectivity index (χ2v) is 7.01. The maximum atomic E-state index is 12.1. The molecule has 1 heterocycles. The van der Waals surface area contributed by atoms with Crippen LogP contribution in [0, 0.1) is 0 Å². The molecular weight excluding hydrogens is 322 g/mol. The number of hydrogen-bond acceptors (Lipinski definition) is 7. The number of hydrogen-bond donors (Lipinski definition) is 3. The Labute approximate surface area is 135 Å². The van der Waals surface area contributed by atoms with Crippen molar-refractivity contribution >= 4 is 51.4 Å². The predicted octanol–water partition coefficient (Wildman–Crippen LogP) is 2.20. The SMILES string of the molecule is CC(=O)Nc1ccc(NC(=O)[C@H](C)Sc2nnc(N)s2)cc1. The molecule has 2 rings (SSSR count). The molecule has 0 aliphatic rings. The quantitative estimate of drug-likeness (QED) is 0.722. The number of nitrogens with zero attached hydrogens (tertiary/aromatic N) is 2. The van der Waals surface area contributed by atoms with Crippen molar-refractivity contribution in [2.45, 2.75) is 23.4 Å². The standard InChI is InChI=1S/C13H15N5O2S2/c1-7(21-13-18-17-12(14)22-13)11(20)16-10-5-3-9(4-6-10)15-8(2)19/h3-7H,1-2H3,(H2,14,17)(H,15,19)(H,16,20)/t7-/m0/s1. The molecular formula is C13H15N5O2S2. The first-order valence-corrected chi connectivity index (χ1v) is 8.08. The largest absolute Gasteiger partial charge is 0.374 e. The van der Waals surface area contributed by atoms with Gasteiger partial charge in [-0.1, -0.05) is 23.1 Å². The number of amides is 2. The van der Waals surface area contributed by atoms with Crippen LogP contribution in [0.25, 0.3) is 0 Å². The smallest absolute Gasteiger partial charge is 0.237 e. The van der Waals surface area contributed by atoms with Crippen LogP contribution in [0.5, 0.6) is 0 Å². The van der Waals surface area contributed by atoms with Gasteiger partial charge in [0.1, 0.15) is 0 Å². The number of aromatic nitrogens is 2. The summed E-state index contributed by atoms with van der Waals surface area (Å²) >= 11 is 2.54. The molecule has 4 N–H and O–H groups in total. The van der Waals surface area contributed by atoms with Gasteiger partial charge in [0.05, 0.1) is 5.25 Å². The highest BCUT2D eigenvalue weighted by Crippen LogP contribution is 2.28. The maximum absolute atomic E-state index is 12.1. The molecule has 0 bridgehead atoms.